The third kappa shape index (κ3) is 4.68. The van der Waals surface area contributed by atoms with E-state index in [4.69, 9.17) is 16.3 Å². The lowest BCUT2D eigenvalue weighted by molar-refractivity contribution is -0.385. The molecule has 3 aromatic rings. The molecule has 8 nitrogen and oxygen atoms in total. The highest BCUT2D eigenvalue weighted by atomic mass is 35.5. The SMILES string of the molecule is O=C1NN(c2ccccc2)C(=O)C1=Cc1cc(Cl)cc([N+](=O)[O-])c1OCc1ccc(F)cc1. The molecule has 0 aliphatic carbocycles. The minimum absolute atomic E-state index is 0.0217. The number of benzene rings is 3. The summed E-state index contributed by atoms with van der Waals surface area (Å²) in [5.41, 5.74) is 2.85. The van der Waals surface area contributed by atoms with Gasteiger partial charge in [-0.2, -0.15) is 0 Å². The number of para-hydroxylation sites is 1. The average molecular weight is 468 g/mol. The number of rotatable bonds is 6. The van der Waals surface area contributed by atoms with Crippen LogP contribution in [0, 0.1) is 15.9 Å². The van der Waals surface area contributed by atoms with E-state index in [2.05, 4.69) is 5.43 Å². The third-order valence-corrected chi connectivity index (χ3v) is 4.98. The molecule has 1 aliphatic rings. The number of carbonyl (C=O) groups excluding carboxylic acids is 2. The van der Waals surface area contributed by atoms with Crippen molar-refractivity contribution in [1.29, 1.82) is 0 Å². The number of nitrogens with one attached hydrogen (secondary N) is 1. The van der Waals surface area contributed by atoms with Gasteiger partial charge in [0.15, 0.2) is 0 Å². The minimum Gasteiger partial charge on any atom is -0.482 e. The van der Waals surface area contributed by atoms with E-state index in [1.807, 2.05) is 0 Å². The Kier molecular flexibility index (Phi) is 6.05. The van der Waals surface area contributed by atoms with Gasteiger partial charge in [-0.3, -0.25) is 25.1 Å². The molecule has 1 heterocycles. The Balaban J connectivity index is 1.72. The van der Waals surface area contributed by atoms with Crippen molar-refractivity contribution in [2.45, 2.75) is 6.61 Å². The Morgan fingerprint density at radius 3 is 2.45 bits per heavy atom. The molecule has 33 heavy (non-hydrogen) atoms. The molecule has 0 aromatic heterocycles. The van der Waals surface area contributed by atoms with Gasteiger partial charge in [0.1, 0.15) is 18.0 Å². The molecule has 0 saturated carbocycles. The van der Waals surface area contributed by atoms with E-state index in [0.717, 1.165) is 11.1 Å². The highest BCUT2D eigenvalue weighted by Gasteiger charge is 2.35. The van der Waals surface area contributed by atoms with Crippen LogP contribution >= 0.6 is 11.6 Å². The fourth-order valence-corrected chi connectivity index (χ4v) is 3.43. The molecule has 1 fully saturated rings. The van der Waals surface area contributed by atoms with E-state index in [1.165, 1.54) is 36.4 Å². The molecule has 1 N–H and O–H groups in total. The maximum atomic E-state index is 13.2. The Labute approximate surface area is 192 Å². The zero-order chi connectivity index (χ0) is 23.5. The number of carbonyl (C=O) groups is 2. The number of anilines is 1. The summed E-state index contributed by atoms with van der Waals surface area (Å²) in [5, 5.41) is 12.7. The van der Waals surface area contributed by atoms with E-state index in [9.17, 15) is 24.1 Å². The second-order valence-corrected chi connectivity index (χ2v) is 7.43. The number of nitro groups is 1. The number of halogens is 2. The van der Waals surface area contributed by atoms with E-state index in [0.29, 0.717) is 11.3 Å². The van der Waals surface area contributed by atoms with Gasteiger partial charge in [0.25, 0.3) is 11.8 Å². The zero-order valence-electron chi connectivity index (χ0n) is 16.8. The maximum Gasteiger partial charge on any atom is 0.313 e. The van der Waals surface area contributed by atoms with E-state index in [-0.39, 0.29) is 28.5 Å². The molecular weight excluding hydrogens is 453 g/mol. The first-order chi connectivity index (χ1) is 15.8. The predicted octanol–water partition coefficient (Wildman–Crippen LogP) is 4.43. The lowest BCUT2D eigenvalue weighted by Gasteiger charge is -2.14. The highest BCUT2D eigenvalue weighted by Crippen LogP contribution is 2.37. The van der Waals surface area contributed by atoms with Crippen molar-refractivity contribution >= 4 is 40.9 Å². The smallest absolute Gasteiger partial charge is 0.313 e. The zero-order valence-corrected chi connectivity index (χ0v) is 17.6. The molecule has 10 heteroatoms. The molecule has 1 saturated heterocycles. The van der Waals surface area contributed by atoms with Crippen molar-refractivity contribution in [2.75, 3.05) is 5.01 Å². The van der Waals surface area contributed by atoms with Gasteiger partial charge in [-0.05, 0) is 42.0 Å². The van der Waals surface area contributed by atoms with Crippen molar-refractivity contribution in [3.63, 3.8) is 0 Å². The summed E-state index contributed by atoms with van der Waals surface area (Å²) in [4.78, 5) is 36.3. The van der Waals surface area contributed by atoms with Crippen LogP contribution in [0.5, 0.6) is 5.75 Å². The number of hydrogen-bond donors (Lipinski definition) is 1. The van der Waals surface area contributed by atoms with Gasteiger partial charge < -0.3 is 4.74 Å². The van der Waals surface area contributed by atoms with Crippen LogP contribution in [0.15, 0.2) is 72.3 Å². The summed E-state index contributed by atoms with van der Waals surface area (Å²) in [5.74, 6) is -1.94. The van der Waals surface area contributed by atoms with Crippen LogP contribution in [-0.2, 0) is 16.2 Å². The minimum atomic E-state index is -0.684. The molecule has 0 spiro atoms. The van der Waals surface area contributed by atoms with E-state index >= 15 is 0 Å². The monoisotopic (exact) mass is 467 g/mol. The first-order valence-electron chi connectivity index (χ1n) is 9.61. The maximum absolute atomic E-state index is 13.2. The standard InChI is InChI=1S/C23H15ClFN3O5/c24-16-10-15(11-19-22(29)26-27(23(19)30)18-4-2-1-3-5-18)21(20(12-16)28(31)32)33-13-14-6-8-17(25)9-7-14/h1-12H,13H2,(H,26,29). The average Bonchev–Trinajstić information content (AvgIpc) is 3.08. The molecular formula is C23H15ClFN3O5. The Bertz CT molecular complexity index is 1280. The van der Waals surface area contributed by atoms with Gasteiger partial charge in [-0.25, -0.2) is 9.40 Å². The topological polar surface area (TPSA) is 102 Å². The predicted molar refractivity (Wildman–Crippen MR) is 119 cm³/mol. The fraction of sp³-hybridized carbons (Fsp3) is 0.0435. The molecule has 4 rings (SSSR count). The van der Waals surface area contributed by atoms with Gasteiger partial charge in [0, 0.05) is 16.7 Å². The number of nitrogens with zero attached hydrogens (tertiary/aromatic N) is 2. The molecule has 3 aromatic carbocycles. The first-order valence-corrected chi connectivity index (χ1v) is 9.98. The summed E-state index contributed by atoms with van der Waals surface area (Å²) in [6.07, 6.45) is 1.19. The van der Waals surface area contributed by atoms with Crippen molar-refractivity contribution in [2.24, 2.45) is 0 Å². The number of nitro benzene ring substituents is 1. The van der Waals surface area contributed by atoms with Crippen LogP contribution in [0.2, 0.25) is 5.02 Å². The molecule has 166 valence electrons. The van der Waals surface area contributed by atoms with Crippen LogP contribution in [0.1, 0.15) is 11.1 Å². The number of hydrazine groups is 1. The quantitative estimate of drug-likeness (QED) is 0.250. The van der Waals surface area contributed by atoms with Gasteiger partial charge in [0.2, 0.25) is 5.75 Å². The van der Waals surface area contributed by atoms with Crippen LogP contribution in [0.3, 0.4) is 0 Å². The van der Waals surface area contributed by atoms with Crippen LogP contribution in [-0.4, -0.2) is 16.7 Å². The summed E-state index contributed by atoms with van der Waals surface area (Å²) in [7, 11) is 0. The van der Waals surface area contributed by atoms with Gasteiger partial charge >= 0.3 is 5.69 Å². The van der Waals surface area contributed by atoms with Crippen LogP contribution in [0.4, 0.5) is 15.8 Å². The molecule has 0 unspecified atom stereocenters. The molecule has 0 radical (unpaired) electrons. The van der Waals surface area contributed by atoms with E-state index in [1.54, 1.807) is 30.3 Å². The Morgan fingerprint density at radius 2 is 1.79 bits per heavy atom. The molecule has 2 amide bonds. The highest BCUT2D eigenvalue weighted by molar-refractivity contribution is 6.32. The number of ether oxygens (including phenoxy) is 1. The van der Waals surface area contributed by atoms with Gasteiger partial charge in [-0.15, -0.1) is 0 Å². The van der Waals surface area contributed by atoms with Crippen molar-refractivity contribution < 1.29 is 23.6 Å². The summed E-state index contributed by atoms with van der Waals surface area (Å²) < 4.78 is 18.8. The van der Waals surface area contributed by atoms with Crippen molar-refractivity contribution in [1.82, 2.24) is 5.43 Å². The second kappa shape index (κ2) is 9.09. The molecule has 1 aliphatic heterocycles. The van der Waals surface area contributed by atoms with Crippen molar-refractivity contribution in [3.8, 4) is 5.75 Å². The lowest BCUT2D eigenvalue weighted by Crippen LogP contribution is -2.35. The summed E-state index contributed by atoms with van der Waals surface area (Å²) in [6.45, 7) is -0.116. The van der Waals surface area contributed by atoms with Crippen LogP contribution in [0.25, 0.3) is 6.08 Å². The lowest BCUT2D eigenvalue weighted by atomic mass is 10.1. The van der Waals surface area contributed by atoms with Gasteiger partial charge in [-0.1, -0.05) is 41.9 Å². The Morgan fingerprint density at radius 1 is 1.09 bits per heavy atom. The molecule has 0 atom stereocenters. The number of amides is 2. The van der Waals surface area contributed by atoms with Crippen LogP contribution < -0.4 is 15.2 Å². The summed E-state index contributed by atoms with van der Waals surface area (Å²) in [6, 6.07) is 16.3. The van der Waals surface area contributed by atoms with Gasteiger partial charge in [0.05, 0.1) is 10.6 Å². The molecule has 0 bridgehead atoms. The third-order valence-electron chi connectivity index (χ3n) is 4.76. The van der Waals surface area contributed by atoms with Crippen molar-refractivity contribution in [3.05, 3.63) is 104 Å². The largest absolute Gasteiger partial charge is 0.482 e. The second-order valence-electron chi connectivity index (χ2n) is 6.99. The Hall–Kier alpha value is -4.24. The fourth-order valence-electron chi connectivity index (χ4n) is 3.21. The number of hydrogen-bond acceptors (Lipinski definition) is 5. The van der Waals surface area contributed by atoms with E-state index < -0.39 is 28.2 Å². The normalized spacial score (nSPS) is 14.5. The first kappa shape index (κ1) is 22.0. The summed E-state index contributed by atoms with van der Waals surface area (Å²) >= 11 is 6.06.